The second-order valence-electron chi connectivity index (χ2n) is 3.77. The van der Waals surface area contributed by atoms with Gasteiger partial charge in [-0.05, 0) is 25.1 Å². The topological polar surface area (TPSA) is 81.1 Å². The van der Waals surface area contributed by atoms with Crippen LogP contribution in [-0.4, -0.2) is 16.9 Å². The molecule has 0 heterocycles. The number of nitrogens with two attached hydrogens (primary N) is 2. The van der Waals surface area contributed by atoms with Gasteiger partial charge in [0.15, 0.2) is 0 Å². The van der Waals surface area contributed by atoms with Gasteiger partial charge in [-0.3, -0.25) is 4.79 Å². The molecular weight excluding hydrogens is 302 g/mol. The number of rotatable bonds is 5. The second-order valence-corrected chi connectivity index (χ2v) is 5.13. The van der Waals surface area contributed by atoms with Gasteiger partial charge in [0.05, 0.1) is 0 Å². The van der Waals surface area contributed by atoms with Crippen molar-refractivity contribution in [1.82, 2.24) is 0 Å². The van der Waals surface area contributed by atoms with Crippen LogP contribution in [0.3, 0.4) is 0 Å². The van der Waals surface area contributed by atoms with E-state index in [1.54, 1.807) is 0 Å². The molecule has 92 valence electrons. The van der Waals surface area contributed by atoms with E-state index >= 15 is 0 Å². The summed E-state index contributed by atoms with van der Waals surface area (Å²) in [5.74, 6) is -0.348. The molecule has 0 bridgehead atoms. The van der Waals surface area contributed by atoms with Gasteiger partial charge in [-0.1, -0.05) is 28.1 Å². The van der Waals surface area contributed by atoms with E-state index < -0.39 is 0 Å². The lowest BCUT2D eigenvalue weighted by Crippen LogP contribution is -2.25. The Bertz CT molecular complexity index is 450. The number of hydrogen-bond acceptors (Lipinski definition) is 3. The summed E-state index contributed by atoms with van der Waals surface area (Å²) in [4.78, 5) is 11.1. The maximum atomic E-state index is 10.8. The Morgan fingerprint density at radius 3 is 2.71 bits per heavy atom. The van der Waals surface area contributed by atoms with Crippen LogP contribution in [0, 0.1) is 0 Å². The van der Waals surface area contributed by atoms with Crippen molar-refractivity contribution in [3.63, 3.8) is 0 Å². The number of carbonyl (C=O) groups excluding carboxylic acids is 1. The first-order valence-corrected chi connectivity index (χ1v) is 6.24. The number of primary amides is 1. The van der Waals surface area contributed by atoms with E-state index in [-0.39, 0.29) is 18.4 Å². The first-order chi connectivity index (χ1) is 7.90. The average molecular weight is 316 g/mol. The van der Waals surface area contributed by atoms with Gasteiger partial charge >= 0.3 is 0 Å². The summed E-state index contributed by atoms with van der Waals surface area (Å²) in [5.41, 5.74) is 12.3. The molecule has 0 aliphatic carbocycles. The number of nitrogens with one attached hydrogen (secondary N) is 1. The Hall–Kier alpha value is -1.14. The van der Waals surface area contributed by atoms with E-state index in [2.05, 4.69) is 21.2 Å². The number of carbonyl (C=O) groups is 1. The fraction of sp³-hybridized carbons (Fsp3) is 0.273. The molecule has 1 rings (SSSR count). The van der Waals surface area contributed by atoms with E-state index in [9.17, 15) is 4.79 Å². The molecule has 4 nitrogen and oxygen atoms in total. The summed E-state index contributed by atoms with van der Waals surface area (Å²) in [6.07, 6.45) is 0.257. The van der Waals surface area contributed by atoms with Crippen LogP contribution in [-0.2, 0) is 4.79 Å². The zero-order valence-corrected chi connectivity index (χ0v) is 11.8. The monoisotopic (exact) mass is 315 g/mol. The maximum Gasteiger partial charge on any atom is 0.219 e. The minimum atomic E-state index is -0.348. The van der Waals surface area contributed by atoms with E-state index in [0.29, 0.717) is 4.99 Å². The lowest BCUT2D eigenvalue weighted by atomic mass is 10.1. The number of amides is 1. The smallest absolute Gasteiger partial charge is 0.219 e. The number of halogens is 1. The Morgan fingerprint density at radius 1 is 1.53 bits per heavy atom. The molecule has 6 heteroatoms. The first-order valence-electron chi connectivity index (χ1n) is 5.04. The molecule has 1 unspecified atom stereocenters. The van der Waals surface area contributed by atoms with Gasteiger partial charge in [0.25, 0.3) is 0 Å². The number of hydrogen-bond donors (Lipinski definition) is 3. The zero-order chi connectivity index (χ0) is 13.0. The van der Waals surface area contributed by atoms with Crippen LogP contribution in [0.5, 0.6) is 0 Å². The van der Waals surface area contributed by atoms with Crippen molar-refractivity contribution in [2.75, 3.05) is 5.32 Å². The Kier molecular flexibility index (Phi) is 4.89. The minimum Gasteiger partial charge on any atom is -0.389 e. The second kappa shape index (κ2) is 5.97. The van der Waals surface area contributed by atoms with Crippen molar-refractivity contribution in [3.8, 4) is 0 Å². The molecule has 1 aromatic rings. The Morgan fingerprint density at radius 2 is 2.18 bits per heavy atom. The van der Waals surface area contributed by atoms with Crippen LogP contribution in [0.25, 0.3) is 0 Å². The Balaban J connectivity index is 2.90. The molecule has 0 saturated carbocycles. The van der Waals surface area contributed by atoms with Crippen LogP contribution in [0.15, 0.2) is 22.7 Å². The molecule has 0 spiro atoms. The number of anilines is 1. The first kappa shape index (κ1) is 13.9. The quantitative estimate of drug-likeness (QED) is 0.723. The van der Waals surface area contributed by atoms with Gasteiger partial charge < -0.3 is 16.8 Å². The molecule has 0 radical (unpaired) electrons. The van der Waals surface area contributed by atoms with Gasteiger partial charge in [0.2, 0.25) is 5.91 Å². The summed E-state index contributed by atoms with van der Waals surface area (Å²) in [5, 5.41) is 3.16. The summed E-state index contributed by atoms with van der Waals surface area (Å²) < 4.78 is 0.897. The van der Waals surface area contributed by atoms with Gasteiger partial charge in [-0.2, -0.15) is 0 Å². The van der Waals surface area contributed by atoms with Crippen LogP contribution in [0.2, 0.25) is 0 Å². The highest BCUT2D eigenvalue weighted by atomic mass is 79.9. The standard InChI is InChI=1S/C11H14BrN3OS/c1-6(4-10(13)16)15-9-3-2-7(12)5-8(9)11(14)17/h2-3,5-6,15H,4H2,1H3,(H2,13,16)(H2,14,17). The fourth-order valence-electron chi connectivity index (χ4n) is 1.46. The molecule has 0 fully saturated rings. The minimum absolute atomic E-state index is 0.0678. The van der Waals surface area contributed by atoms with Crippen LogP contribution < -0.4 is 16.8 Å². The average Bonchev–Trinajstić information content (AvgIpc) is 2.19. The van der Waals surface area contributed by atoms with Crippen LogP contribution in [0.4, 0.5) is 5.69 Å². The molecule has 1 aromatic carbocycles. The van der Waals surface area contributed by atoms with Crippen molar-refractivity contribution in [2.45, 2.75) is 19.4 Å². The van der Waals surface area contributed by atoms with E-state index in [1.165, 1.54) is 0 Å². The van der Waals surface area contributed by atoms with Gasteiger partial charge in [0.1, 0.15) is 4.99 Å². The SMILES string of the molecule is CC(CC(N)=O)Nc1ccc(Br)cc1C(N)=S. The van der Waals surface area contributed by atoms with E-state index in [1.807, 2.05) is 25.1 Å². The van der Waals surface area contributed by atoms with Crippen LogP contribution >= 0.6 is 28.1 Å². The largest absolute Gasteiger partial charge is 0.389 e. The lowest BCUT2D eigenvalue weighted by Gasteiger charge is -2.16. The van der Waals surface area contributed by atoms with Crippen molar-refractivity contribution >= 4 is 44.7 Å². The molecule has 17 heavy (non-hydrogen) atoms. The third-order valence-electron chi connectivity index (χ3n) is 2.16. The Labute approximate surface area is 114 Å². The molecular formula is C11H14BrN3OS. The zero-order valence-electron chi connectivity index (χ0n) is 9.37. The summed E-state index contributed by atoms with van der Waals surface area (Å²) in [7, 11) is 0. The van der Waals surface area contributed by atoms with Gasteiger partial charge in [-0.15, -0.1) is 0 Å². The van der Waals surface area contributed by atoms with Crippen molar-refractivity contribution < 1.29 is 4.79 Å². The highest BCUT2D eigenvalue weighted by Crippen LogP contribution is 2.22. The molecule has 5 N–H and O–H groups in total. The molecule has 0 aliphatic heterocycles. The summed E-state index contributed by atoms with van der Waals surface area (Å²) in [6, 6.07) is 5.50. The van der Waals surface area contributed by atoms with Crippen molar-refractivity contribution in [2.24, 2.45) is 11.5 Å². The highest BCUT2D eigenvalue weighted by molar-refractivity contribution is 9.10. The fourth-order valence-corrected chi connectivity index (χ4v) is 1.99. The molecule has 0 saturated heterocycles. The van der Waals surface area contributed by atoms with Crippen molar-refractivity contribution in [1.29, 1.82) is 0 Å². The third kappa shape index (κ3) is 4.32. The lowest BCUT2D eigenvalue weighted by molar-refractivity contribution is -0.118. The van der Waals surface area contributed by atoms with Crippen LogP contribution in [0.1, 0.15) is 18.9 Å². The summed E-state index contributed by atoms with van der Waals surface area (Å²) in [6.45, 7) is 1.87. The van der Waals surface area contributed by atoms with E-state index in [4.69, 9.17) is 23.7 Å². The molecule has 1 atom stereocenters. The predicted molar refractivity (Wildman–Crippen MR) is 76.9 cm³/mol. The maximum absolute atomic E-state index is 10.8. The third-order valence-corrected chi connectivity index (χ3v) is 2.87. The van der Waals surface area contributed by atoms with E-state index in [0.717, 1.165) is 15.7 Å². The van der Waals surface area contributed by atoms with Crippen molar-refractivity contribution in [3.05, 3.63) is 28.2 Å². The molecule has 0 aromatic heterocycles. The molecule has 0 aliphatic rings. The number of benzene rings is 1. The highest BCUT2D eigenvalue weighted by Gasteiger charge is 2.10. The molecule has 1 amide bonds. The van der Waals surface area contributed by atoms with Gasteiger partial charge in [-0.25, -0.2) is 0 Å². The normalized spacial score (nSPS) is 11.9. The predicted octanol–water partition coefficient (Wildman–Crippen LogP) is 1.76. The summed E-state index contributed by atoms with van der Waals surface area (Å²) >= 11 is 8.33. The van der Waals surface area contributed by atoms with Gasteiger partial charge in [0, 0.05) is 28.2 Å². The number of thiocarbonyl (C=S) groups is 1.